The molecule has 2 heterocycles. The first-order valence-corrected chi connectivity index (χ1v) is 15.5. The molecule has 0 N–H and O–H groups in total. The van der Waals surface area contributed by atoms with E-state index in [0.29, 0.717) is 17.7 Å². The Bertz CT molecular complexity index is 1530. The lowest BCUT2D eigenvalue weighted by Crippen LogP contribution is -2.52. The van der Waals surface area contributed by atoms with Crippen LogP contribution in [0.2, 0.25) is 10.0 Å². The number of alkyl halides is 6. The van der Waals surface area contributed by atoms with Crippen molar-refractivity contribution >= 4 is 35.0 Å². The minimum Gasteiger partial charge on any atom is -0.334 e. The predicted octanol–water partition coefficient (Wildman–Crippen LogP) is 8.36. The third kappa shape index (κ3) is 8.16. The first kappa shape index (κ1) is 34.1. The van der Waals surface area contributed by atoms with E-state index in [4.69, 9.17) is 23.2 Å². The summed E-state index contributed by atoms with van der Waals surface area (Å²) in [5, 5.41) is 0.464. The summed E-state index contributed by atoms with van der Waals surface area (Å²) in [6, 6.07) is 14.9. The third-order valence-electron chi connectivity index (χ3n) is 8.57. The number of carbonyl (C=O) groups is 2. The second-order valence-electron chi connectivity index (χ2n) is 11.7. The molecule has 2 aliphatic rings. The number of piperidine rings is 1. The minimum atomic E-state index is -5.10. The van der Waals surface area contributed by atoms with Crippen LogP contribution in [-0.4, -0.2) is 59.2 Å². The summed E-state index contributed by atoms with van der Waals surface area (Å²) in [6.45, 7) is 2.30. The van der Waals surface area contributed by atoms with Crippen molar-refractivity contribution in [3.63, 3.8) is 0 Å². The minimum absolute atomic E-state index is 0.0158. The standard InChI is InChI=1S/C33H31Cl2F6N3O2/c34-27-7-6-23(17-28(27)35)29-20-43(31(46)24-15-25(32(36,37)38)18-26(16-24)33(39,40)41)12-13-44(29)30(45)14-21-8-10-42(11-9-21)19-22-4-2-1-3-5-22/h1-7,15-18,21,29H,8-14,19-20H2. The fraction of sp³-hybridized carbons (Fsp3) is 0.394. The van der Waals surface area contributed by atoms with E-state index in [0.717, 1.165) is 32.5 Å². The van der Waals surface area contributed by atoms with Crippen LogP contribution >= 0.6 is 23.2 Å². The zero-order chi connectivity index (χ0) is 33.2. The summed E-state index contributed by atoms with van der Waals surface area (Å²) in [4.78, 5) is 32.3. The SMILES string of the molecule is O=C(c1cc(C(F)(F)F)cc(C(F)(F)F)c1)N1CCN(C(=O)CC2CCN(Cc3ccccc3)CC2)C(c2ccc(Cl)c(Cl)c2)C1. The van der Waals surface area contributed by atoms with E-state index < -0.39 is 41.0 Å². The molecule has 0 bridgehead atoms. The van der Waals surface area contributed by atoms with Crippen LogP contribution in [0.5, 0.6) is 0 Å². The average Bonchev–Trinajstić information content (AvgIpc) is 3.02. The van der Waals surface area contributed by atoms with Crippen LogP contribution in [0.3, 0.4) is 0 Å². The Hall–Kier alpha value is -3.28. The van der Waals surface area contributed by atoms with Crippen LogP contribution in [0.4, 0.5) is 26.3 Å². The predicted molar refractivity (Wildman–Crippen MR) is 162 cm³/mol. The van der Waals surface area contributed by atoms with E-state index in [1.54, 1.807) is 17.0 Å². The number of nitrogens with zero attached hydrogens (tertiary/aromatic N) is 3. The summed E-state index contributed by atoms with van der Waals surface area (Å²) >= 11 is 12.4. The topological polar surface area (TPSA) is 43.9 Å². The van der Waals surface area contributed by atoms with Crippen LogP contribution in [0.25, 0.3) is 0 Å². The molecule has 0 aromatic heterocycles. The lowest BCUT2D eigenvalue weighted by Gasteiger charge is -2.42. The molecule has 246 valence electrons. The first-order chi connectivity index (χ1) is 21.7. The van der Waals surface area contributed by atoms with Gasteiger partial charge in [0, 0.05) is 38.2 Å². The van der Waals surface area contributed by atoms with Gasteiger partial charge < -0.3 is 9.80 Å². The number of carbonyl (C=O) groups excluding carboxylic acids is 2. The van der Waals surface area contributed by atoms with Crippen molar-refractivity contribution in [2.24, 2.45) is 5.92 Å². The van der Waals surface area contributed by atoms with Gasteiger partial charge in [0.15, 0.2) is 0 Å². The second-order valence-corrected chi connectivity index (χ2v) is 12.5. The van der Waals surface area contributed by atoms with E-state index in [-0.39, 0.29) is 54.0 Å². The van der Waals surface area contributed by atoms with Gasteiger partial charge in [-0.1, -0.05) is 59.6 Å². The molecule has 1 unspecified atom stereocenters. The Kier molecular flexibility index (Phi) is 10.2. The highest BCUT2D eigenvalue weighted by atomic mass is 35.5. The molecule has 0 aliphatic carbocycles. The molecule has 2 saturated heterocycles. The van der Waals surface area contributed by atoms with Gasteiger partial charge in [0.05, 0.1) is 27.2 Å². The summed E-state index contributed by atoms with van der Waals surface area (Å²) < 4.78 is 80.9. The lowest BCUT2D eigenvalue weighted by atomic mass is 9.91. The van der Waals surface area contributed by atoms with Crippen LogP contribution < -0.4 is 0 Å². The largest absolute Gasteiger partial charge is 0.416 e. The molecule has 0 radical (unpaired) electrons. The average molecular weight is 687 g/mol. The van der Waals surface area contributed by atoms with Crippen LogP contribution in [-0.2, 0) is 23.7 Å². The van der Waals surface area contributed by atoms with Gasteiger partial charge in [-0.25, -0.2) is 0 Å². The zero-order valence-corrected chi connectivity index (χ0v) is 26.1. The molecule has 1 atom stereocenters. The van der Waals surface area contributed by atoms with E-state index in [9.17, 15) is 35.9 Å². The van der Waals surface area contributed by atoms with Gasteiger partial charge in [-0.15, -0.1) is 0 Å². The van der Waals surface area contributed by atoms with Crippen molar-refractivity contribution in [3.05, 3.63) is 105 Å². The van der Waals surface area contributed by atoms with Crippen LogP contribution in [0.15, 0.2) is 66.7 Å². The van der Waals surface area contributed by atoms with Crippen molar-refractivity contribution in [1.29, 1.82) is 0 Å². The Morgan fingerprint density at radius 2 is 1.39 bits per heavy atom. The summed E-state index contributed by atoms with van der Waals surface area (Å²) in [6.07, 6.45) is -8.27. The molecule has 2 amide bonds. The molecule has 13 heteroatoms. The number of benzene rings is 3. The maximum atomic E-state index is 13.7. The van der Waals surface area contributed by atoms with Crippen molar-refractivity contribution in [2.45, 2.75) is 44.2 Å². The van der Waals surface area contributed by atoms with Crippen molar-refractivity contribution in [3.8, 4) is 0 Å². The molecular weight excluding hydrogens is 655 g/mol. The highest BCUT2D eigenvalue weighted by Gasteiger charge is 2.40. The Balaban J connectivity index is 1.33. The normalized spacial score (nSPS) is 18.6. The number of halogens is 8. The molecule has 2 aliphatic heterocycles. The number of hydrogen-bond acceptors (Lipinski definition) is 3. The molecule has 2 fully saturated rings. The first-order valence-electron chi connectivity index (χ1n) is 14.8. The molecule has 3 aromatic carbocycles. The van der Waals surface area contributed by atoms with Gasteiger partial charge >= 0.3 is 12.4 Å². The highest BCUT2D eigenvalue weighted by Crippen LogP contribution is 2.38. The van der Waals surface area contributed by atoms with Crippen molar-refractivity contribution in [1.82, 2.24) is 14.7 Å². The van der Waals surface area contributed by atoms with Gasteiger partial charge in [-0.05, 0) is 73.3 Å². The van der Waals surface area contributed by atoms with E-state index >= 15 is 0 Å². The van der Waals surface area contributed by atoms with Gasteiger partial charge in [0.1, 0.15) is 0 Å². The number of rotatable bonds is 6. The van der Waals surface area contributed by atoms with E-state index in [1.807, 2.05) is 18.2 Å². The highest BCUT2D eigenvalue weighted by molar-refractivity contribution is 6.42. The molecule has 5 rings (SSSR count). The Morgan fingerprint density at radius 3 is 1.98 bits per heavy atom. The molecule has 46 heavy (non-hydrogen) atoms. The molecule has 5 nitrogen and oxygen atoms in total. The van der Waals surface area contributed by atoms with Gasteiger partial charge in [0.2, 0.25) is 5.91 Å². The van der Waals surface area contributed by atoms with Crippen LogP contribution in [0.1, 0.15) is 57.9 Å². The maximum Gasteiger partial charge on any atom is 0.416 e. The monoisotopic (exact) mass is 685 g/mol. The lowest BCUT2D eigenvalue weighted by molar-refractivity contribution is -0.143. The van der Waals surface area contributed by atoms with Gasteiger partial charge in [0.25, 0.3) is 5.91 Å². The third-order valence-corrected chi connectivity index (χ3v) is 9.31. The van der Waals surface area contributed by atoms with Crippen molar-refractivity contribution in [2.75, 3.05) is 32.7 Å². The molecule has 3 aromatic rings. The van der Waals surface area contributed by atoms with E-state index in [2.05, 4.69) is 17.0 Å². The number of piperazine rings is 1. The molecule has 0 spiro atoms. The Morgan fingerprint density at radius 1 is 0.761 bits per heavy atom. The fourth-order valence-corrected chi connectivity index (χ4v) is 6.39. The van der Waals surface area contributed by atoms with Gasteiger partial charge in [-0.2, -0.15) is 26.3 Å². The fourth-order valence-electron chi connectivity index (χ4n) is 6.09. The number of amides is 2. The summed E-state index contributed by atoms with van der Waals surface area (Å²) in [5.41, 5.74) is -2.13. The zero-order valence-electron chi connectivity index (χ0n) is 24.6. The smallest absolute Gasteiger partial charge is 0.334 e. The van der Waals surface area contributed by atoms with Crippen molar-refractivity contribution < 1.29 is 35.9 Å². The Labute approximate surface area is 272 Å². The summed E-state index contributed by atoms with van der Waals surface area (Å²) in [7, 11) is 0. The molecular formula is C33H31Cl2F6N3O2. The summed E-state index contributed by atoms with van der Waals surface area (Å²) in [5.74, 6) is -1.01. The van der Waals surface area contributed by atoms with Gasteiger partial charge in [-0.3, -0.25) is 14.5 Å². The van der Waals surface area contributed by atoms with Crippen LogP contribution in [0, 0.1) is 5.92 Å². The maximum absolute atomic E-state index is 13.7. The number of likely N-dealkylation sites (tertiary alicyclic amines) is 1. The number of hydrogen-bond donors (Lipinski definition) is 0. The molecule has 0 saturated carbocycles. The van der Waals surface area contributed by atoms with E-state index in [1.165, 1.54) is 16.5 Å². The second kappa shape index (κ2) is 13.8. The quantitative estimate of drug-likeness (QED) is 0.245.